The number of nitrogens with zero attached hydrogens (tertiary/aromatic N) is 1. The van der Waals surface area contributed by atoms with Gasteiger partial charge >= 0.3 is 0 Å². The van der Waals surface area contributed by atoms with Gasteiger partial charge in [-0.25, -0.2) is 4.98 Å². The molecule has 1 aromatic heterocycles. The Kier molecular flexibility index (Phi) is 4.17. The fourth-order valence-corrected chi connectivity index (χ4v) is 2.42. The third-order valence-corrected chi connectivity index (χ3v) is 3.46. The number of nitrogens with two attached hydrogens (primary N) is 1. The summed E-state index contributed by atoms with van der Waals surface area (Å²) in [7, 11) is 0. The lowest BCUT2D eigenvalue weighted by Gasteiger charge is -2.02. The first-order valence-electron chi connectivity index (χ1n) is 5.57. The molecule has 0 radical (unpaired) electrons. The van der Waals surface area contributed by atoms with Crippen molar-refractivity contribution < 1.29 is 0 Å². The standard InChI is InChI=1S/C12H15N3OS/c13-6-3-7-17-8-11-12(16)15-10-5-2-1-4-9(10)14-11/h1-2,4-5H,3,6-8,13H2,(H,15,16). The van der Waals surface area contributed by atoms with E-state index in [2.05, 4.69) is 9.97 Å². The zero-order valence-electron chi connectivity index (χ0n) is 9.48. The molecule has 0 bridgehead atoms. The number of hydrogen-bond donors (Lipinski definition) is 2. The highest BCUT2D eigenvalue weighted by Gasteiger charge is 2.04. The average molecular weight is 249 g/mol. The second-order valence-electron chi connectivity index (χ2n) is 3.72. The maximum atomic E-state index is 11.7. The van der Waals surface area contributed by atoms with Crippen LogP contribution in [0.25, 0.3) is 11.0 Å². The summed E-state index contributed by atoms with van der Waals surface area (Å²) in [5.74, 6) is 1.60. The minimum Gasteiger partial charge on any atom is -0.330 e. The average Bonchev–Trinajstić information content (AvgIpc) is 2.35. The molecule has 0 aliphatic carbocycles. The largest absolute Gasteiger partial charge is 0.330 e. The van der Waals surface area contributed by atoms with Crippen LogP contribution < -0.4 is 11.3 Å². The zero-order valence-corrected chi connectivity index (χ0v) is 10.3. The van der Waals surface area contributed by atoms with Gasteiger partial charge in [-0.3, -0.25) is 4.79 Å². The highest BCUT2D eigenvalue weighted by molar-refractivity contribution is 7.98. The molecule has 2 aromatic rings. The quantitative estimate of drug-likeness (QED) is 0.788. The first-order valence-corrected chi connectivity index (χ1v) is 6.72. The lowest BCUT2D eigenvalue weighted by Crippen LogP contribution is -2.14. The van der Waals surface area contributed by atoms with E-state index in [0.717, 1.165) is 23.2 Å². The number of H-pyrrole nitrogens is 1. The summed E-state index contributed by atoms with van der Waals surface area (Å²) in [5.41, 5.74) is 7.53. The van der Waals surface area contributed by atoms with E-state index >= 15 is 0 Å². The fourth-order valence-electron chi connectivity index (χ4n) is 1.52. The first-order chi connectivity index (χ1) is 8.31. The van der Waals surface area contributed by atoms with Crippen molar-refractivity contribution in [3.05, 3.63) is 40.3 Å². The molecule has 0 aliphatic heterocycles. The molecule has 0 unspecified atom stereocenters. The minimum absolute atomic E-state index is 0.0936. The predicted octanol–water partition coefficient (Wildman–Crippen LogP) is 1.51. The fraction of sp³-hybridized carbons (Fsp3) is 0.333. The monoisotopic (exact) mass is 249 g/mol. The van der Waals surface area contributed by atoms with Gasteiger partial charge in [0.05, 0.1) is 11.0 Å². The van der Waals surface area contributed by atoms with E-state index in [1.165, 1.54) is 0 Å². The van der Waals surface area contributed by atoms with E-state index in [4.69, 9.17) is 5.73 Å². The van der Waals surface area contributed by atoms with Crippen molar-refractivity contribution in [3.63, 3.8) is 0 Å². The molecule has 0 amide bonds. The number of hydrogen-bond acceptors (Lipinski definition) is 4. The van der Waals surface area contributed by atoms with Crippen LogP contribution in [0.5, 0.6) is 0 Å². The summed E-state index contributed by atoms with van der Waals surface area (Å²) in [5, 5.41) is 0. The maximum Gasteiger partial charge on any atom is 0.270 e. The Morgan fingerprint density at radius 1 is 1.35 bits per heavy atom. The van der Waals surface area contributed by atoms with Crippen LogP contribution >= 0.6 is 11.8 Å². The van der Waals surface area contributed by atoms with Gasteiger partial charge in [-0.2, -0.15) is 11.8 Å². The van der Waals surface area contributed by atoms with Crippen LogP contribution in [-0.2, 0) is 5.75 Å². The Morgan fingerprint density at radius 3 is 3.00 bits per heavy atom. The summed E-state index contributed by atoms with van der Waals surface area (Å²) < 4.78 is 0. The van der Waals surface area contributed by atoms with Gasteiger partial charge < -0.3 is 10.7 Å². The van der Waals surface area contributed by atoms with Crippen LogP contribution in [0.4, 0.5) is 0 Å². The van der Waals surface area contributed by atoms with Gasteiger partial charge in [0.15, 0.2) is 0 Å². The highest BCUT2D eigenvalue weighted by Crippen LogP contribution is 2.11. The van der Waals surface area contributed by atoms with E-state index in [1.807, 2.05) is 24.3 Å². The number of rotatable bonds is 5. The van der Waals surface area contributed by atoms with Gasteiger partial charge in [-0.1, -0.05) is 12.1 Å². The third-order valence-electron chi connectivity index (χ3n) is 2.40. The number of benzene rings is 1. The van der Waals surface area contributed by atoms with Crippen LogP contribution in [0.2, 0.25) is 0 Å². The Labute approximate surface area is 104 Å². The van der Waals surface area contributed by atoms with Crippen LogP contribution in [-0.4, -0.2) is 22.3 Å². The Hall–Kier alpha value is -1.33. The molecular formula is C12H15N3OS. The van der Waals surface area contributed by atoms with Crippen LogP contribution in [0, 0.1) is 0 Å². The summed E-state index contributed by atoms with van der Waals surface area (Å²) in [6.45, 7) is 0.689. The molecule has 0 aliphatic rings. The first kappa shape index (κ1) is 12.1. The van der Waals surface area contributed by atoms with E-state index < -0.39 is 0 Å². The van der Waals surface area contributed by atoms with Crippen molar-refractivity contribution in [1.29, 1.82) is 0 Å². The van der Waals surface area contributed by atoms with Crippen molar-refractivity contribution in [2.75, 3.05) is 12.3 Å². The minimum atomic E-state index is -0.0936. The molecule has 0 saturated heterocycles. The number of aromatic nitrogens is 2. The van der Waals surface area contributed by atoms with Crippen molar-refractivity contribution in [2.24, 2.45) is 5.73 Å². The summed E-state index contributed by atoms with van der Waals surface area (Å²) in [6, 6.07) is 7.56. The molecule has 0 saturated carbocycles. The van der Waals surface area contributed by atoms with Crippen LogP contribution in [0.15, 0.2) is 29.1 Å². The van der Waals surface area contributed by atoms with Gasteiger partial charge in [0.1, 0.15) is 5.69 Å². The van der Waals surface area contributed by atoms with Crippen molar-refractivity contribution in [1.82, 2.24) is 9.97 Å². The van der Waals surface area contributed by atoms with E-state index in [0.29, 0.717) is 18.0 Å². The van der Waals surface area contributed by atoms with E-state index in [-0.39, 0.29) is 5.56 Å². The van der Waals surface area contributed by atoms with Crippen molar-refractivity contribution in [3.8, 4) is 0 Å². The van der Waals surface area contributed by atoms with Crippen LogP contribution in [0.1, 0.15) is 12.1 Å². The van der Waals surface area contributed by atoms with Crippen molar-refractivity contribution >= 4 is 22.8 Å². The van der Waals surface area contributed by atoms with Gasteiger partial charge in [0, 0.05) is 5.75 Å². The number of fused-ring (bicyclic) bond motifs is 1. The number of nitrogens with one attached hydrogen (secondary N) is 1. The molecular weight excluding hydrogens is 234 g/mol. The smallest absolute Gasteiger partial charge is 0.270 e. The van der Waals surface area contributed by atoms with Gasteiger partial charge in [0.25, 0.3) is 5.56 Å². The normalized spacial score (nSPS) is 10.9. The molecule has 0 fully saturated rings. The molecule has 5 heteroatoms. The number of aromatic amines is 1. The second kappa shape index (κ2) is 5.84. The predicted molar refractivity (Wildman–Crippen MR) is 72.2 cm³/mol. The molecule has 3 N–H and O–H groups in total. The molecule has 0 spiro atoms. The lowest BCUT2D eigenvalue weighted by molar-refractivity contribution is 0.942. The van der Waals surface area contributed by atoms with Gasteiger partial charge in [-0.15, -0.1) is 0 Å². The van der Waals surface area contributed by atoms with Crippen LogP contribution in [0.3, 0.4) is 0 Å². The van der Waals surface area contributed by atoms with Crippen molar-refractivity contribution in [2.45, 2.75) is 12.2 Å². The Morgan fingerprint density at radius 2 is 2.18 bits per heavy atom. The molecule has 90 valence electrons. The third kappa shape index (κ3) is 3.08. The molecule has 1 heterocycles. The number of para-hydroxylation sites is 2. The summed E-state index contributed by atoms with van der Waals surface area (Å²) >= 11 is 1.69. The molecule has 4 nitrogen and oxygen atoms in total. The topological polar surface area (TPSA) is 71.8 Å². The molecule has 2 rings (SSSR count). The van der Waals surface area contributed by atoms with E-state index in [1.54, 1.807) is 11.8 Å². The SMILES string of the molecule is NCCCSCc1nc2ccccc2[nH]c1=O. The molecule has 0 atom stereocenters. The van der Waals surface area contributed by atoms with Gasteiger partial charge in [-0.05, 0) is 30.9 Å². The highest BCUT2D eigenvalue weighted by atomic mass is 32.2. The maximum absolute atomic E-state index is 11.7. The zero-order chi connectivity index (χ0) is 12.1. The van der Waals surface area contributed by atoms with Gasteiger partial charge in [0.2, 0.25) is 0 Å². The lowest BCUT2D eigenvalue weighted by atomic mass is 10.3. The number of thioether (sulfide) groups is 1. The Bertz CT molecular complexity index is 553. The molecule has 17 heavy (non-hydrogen) atoms. The summed E-state index contributed by atoms with van der Waals surface area (Å²) in [6.07, 6.45) is 0.968. The van der Waals surface area contributed by atoms with E-state index in [9.17, 15) is 4.79 Å². The summed E-state index contributed by atoms with van der Waals surface area (Å²) in [4.78, 5) is 19.0. The molecule has 1 aromatic carbocycles. The Balaban J connectivity index is 2.17. The second-order valence-corrected chi connectivity index (χ2v) is 4.83.